The highest BCUT2D eigenvalue weighted by Crippen LogP contribution is 2.35. The molecule has 0 spiro atoms. The molecule has 4 rings (SSSR count). The van der Waals surface area contributed by atoms with Gasteiger partial charge >= 0.3 is 0 Å². The Kier molecular flexibility index (Phi) is 5.84. The first-order valence-electron chi connectivity index (χ1n) is 9.30. The lowest BCUT2D eigenvalue weighted by Gasteiger charge is -2.28. The summed E-state index contributed by atoms with van der Waals surface area (Å²) in [6.45, 7) is 2.25. The van der Waals surface area contributed by atoms with Gasteiger partial charge < -0.3 is 18.8 Å². The second kappa shape index (κ2) is 8.67. The van der Waals surface area contributed by atoms with Crippen LogP contribution < -0.4 is 0 Å². The largest absolute Gasteiger partial charge is 0.486 e. The summed E-state index contributed by atoms with van der Waals surface area (Å²) in [5.41, 5.74) is 1.01. The van der Waals surface area contributed by atoms with Crippen molar-refractivity contribution in [3.05, 3.63) is 65.8 Å². The number of carbonyl (C=O) groups is 1. The molecule has 0 aliphatic carbocycles. The highest BCUT2D eigenvalue weighted by atomic mass is 32.2. The van der Waals surface area contributed by atoms with Crippen LogP contribution >= 0.6 is 11.8 Å². The number of furan rings is 1. The van der Waals surface area contributed by atoms with Crippen molar-refractivity contribution >= 4 is 22.6 Å². The van der Waals surface area contributed by atoms with Crippen LogP contribution in [0, 0.1) is 0 Å². The highest BCUT2D eigenvalue weighted by Gasteiger charge is 2.30. The molecule has 1 saturated heterocycles. The Bertz CT molecular complexity index is 782. The van der Waals surface area contributed by atoms with Crippen molar-refractivity contribution < 1.29 is 18.7 Å². The number of ether oxygens (including phenoxy) is 2. The highest BCUT2D eigenvalue weighted by molar-refractivity contribution is 8.08. The van der Waals surface area contributed by atoms with Crippen LogP contribution in [0.25, 0.3) is 4.91 Å². The van der Waals surface area contributed by atoms with Gasteiger partial charge in [0, 0.05) is 18.9 Å². The molecule has 1 fully saturated rings. The van der Waals surface area contributed by atoms with E-state index in [1.54, 1.807) is 22.9 Å². The van der Waals surface area contributed by atoms with E-state index in [0.29, 0.717) is 25.5 Å². The van der Waals surface area contributed by atoms with E-state index in [1.807, 2.05) is 42.5 Å². The normalized spacial score (nSPS) is 19.8. The van der Waals surface area contributed by atoms with Crippen LogP contribution in [0.1, 0.15) is 24.2 Å². The number of benzene rings is 1. The first-order valence-corrected chi connectivity index (χ1v) is 10.3. The molecule has 2 aromatic rings. The second-order valence-corrected chi connectivity index (χ2v) is 7.73. The molecular formula is C21H23NO4S. The zero-order valence-corrected chi connectivity index (χ0v) is 16.0. The van der Waals surface area contributed by atoms with Gasteiger partial charge in [0.2, 0.25) is 0 Å². The van der Waals surface area contributed by atoms with Gasteiger partial charge in [0.1, 0.15) is 5.76 Å². The standard InChI is InChI=1S/C21H23NO4S/c23-21(19-20(27-13-12-26-19)16-6-2-1-3-7-16)22(14-17-8-4-10-24-17)15-18-9-5-11-25-18/h1-4,6-8,10,18H,5,9,11-15H2/t18-/m1/s1. The SMILES string of the molecule is O=C(C1=C(c2ccccc2)SCCO1)N(Cc1ccco1)C[C@H]1CCCO1. The topological polar surface area (TPSA) is 51.9 Å². The fourth-order valence-corrected chi connectivity index (χ4v) is 4.32. The van der Waals surface area contributed by atoms with E-state index >= 15 is 0 Å². The van der Waals surface area contributed by atoms with Gasteiger partial charge in [-0.05, 0) is 30.5 Å². The third-order valence-corrected chi connectivity index (χ3v) is 5.76. The van der Waals surface area contributed by atoms with Gasteiger partial charge in [0.05, 0.1) is 30.4 Å². The number of thioether (sulfide) groups is 1. The van der Waals surface area contributed by atoms with Crippen molar-refractivity contribution in [3.63, 3.8) is 0 Å². The van der Waals surface area contributed by atoms with E-state index in [1.165, 1.54) is 0 Å². The third kappa shape index (κ3) is 4.39. The minimum Gasteiger partial charge on any atom is -0.486 e. The molecule has 3 heterocycles. The van der Waals surface area contributed by atoms with E-state index < -0.39 is 0 Å². The lowest BCUT2D eigenvalue weighted by atomic mass is 10.1. The molecule has 142 valence electrons. The van der Waals surface area contributed by atoms with Gasteiger partial charge in [-0.3, -0.25) is 4.79 Å². The maximum atomic E-state index is 13.4. The minimum absolute atomic E-state index is 0.0703. The quantitative estimate of drug-likeness (QED) is 0.754. The third-order valence-electron chi connectivity index (χ3n) is 4.67. The molecule has 0 radical (unpaired) electrons. The number of nitrogens with zero attached hydrogens (tertiary/aromatic N) is 1. The van der Waals surface area contributed by atoms with Crippen molar-refractivity contribution in [3.8, 4) is 0 Å². The molecule has 0 bridgehead atoms. The molecule has 5 nitrogen and oxygen atoms in total. The van der Waals surface area contributed by atoms with Crippen molar-refractivity contribution in [2.75, 3.05) is 25.5 Å². The molecule has 1 amide bonds. The molecule has 1 atom stereocenters. The van der Waals surface area contributed by atoms with Gasteiger partial charge in [-0.15, -0.1) is 11.8 Å². The molecule has 0 saturated carbocycles. The van der Waals surface area contributed by atoms with Crippen LogP contribution in [0.15, 0.2) is 58.9 Å². The van der Waals surface area contributed by atoms with E-state index in [0.717, 1.165) is 41.4 Å². The molecule has 2 aliphatic rings. The Labute approximate surface area is 163 Å². The molecule has 1 aromatic carbocycles. The van der Waals surface area contributed by atoms with Crippen LogP contribution in [-0.2, 0) is 20.8 Å². The predicted octanol–water partition coefficient (Wildman–Crippen LogP) is 3.92. The summed E-state index contributed by atoms with van der Waals surface area (Å²) in [5, 5.41) is 0. The maximum absolute atomic E-state index is 13.4. The number of hydrogen-bond donors (Lipinski definition) is 0. The summed E-state index contributed by atoms with van der Waals surface area (Å²) >= 11 is 1.67. The van der Waals surface area contributed by atoms with Crippen LogP contribution in [0.3, 0.4) is 0 Å². The Morgan fingerprint density at radius 1 is 1.15 bits per heavy atom. The van der Waals surface area contributed by atoms with Crippen molar-refractivity contribution in [1.29, 1.82) is 0 Å². The Hall–Kier alpha value is -2.18. The summed E-state index contributed by atoms with van der Waals surface area (Å²) in [7, 11) is 0. The van der Waals surface area contributed by atoms with Gasteiger partial charge in [-0.1, -0.05) is 30.3 Å². The fourth-order valence-electron chi connectivity index (χ4n) is 3.37. The number of hydrogen-bond acceptors (Lipinski definition) is 5. The van der Waals surface area contributed by atoms with Gasteiger partial charge in [-0.2, -0.15) is 0 Å². The zero-order valence-electron chi connectivity index (χ0n) is 15.1. The zero-order chi connectivity index (χ0) is 18.5. The monoisotopic (exact) mass is 385 g/mol. The lowest BCUT2D eigenvalue weighted by molar-refractivity contribution is -0.133. The molecule has 0 unspecified atom stereocenters. The number of amides is 1. The van der Waals surface area contributed by atoms with Crippen molar-refractivity contribution in [2.24, 2.45) is 0 Å². The van der Waals surface area contributed by atoms with Crippen LogP contribution in [0.5, 0.6) is 0 Å². The summed E-state index contributed by atoms with van der Waals surface area (Å²) in [6.07, 6.45) is 3.71. The summed E-state index contributed by atoms with van der Waals surface area (Å²) < 4.78 is 17.1. The van der Waals surface area contributed by atoms with Crippen LogP contribution in [-0.4, -0.2) is 42.4 Å². The van der Waals surface area contributed by atoms with E-state index in [4.69, 9.17) is 13.9 Å². The Balaban J connectivity index is 1.62. The maximum Gasteiger partial charge on any atom is 0.290 e. The van der Waals surface area contributed by atoms with Crippen molar-refractivity contribution in [1.82, 2.24) is 4.90 Å². The smallest absolute Gasteiger partial charge is 0.290 e. The molecule has 2 aliphatic heterocycles. The number of rotatable bonds is 6. The predicted molar refractivity (Wildman–Crippen MR) is 105 cm³/mol. The van der Waals surface area contributed by atoms with Crippen LogP contribution in [0.4, 0.5) is 0 Å². The average molecular weight is 385 g/mol. The molecule has 27 heavy (non-hydrogen) atoms. The number of carbonyl (C=O) groups excluding carboxylic acids is 1. The van der Waals surface area contributed by atoms with E-state index in [2.05, 4.69) is 0 Å². The summed E-state index contributed by atoms with van der Waals surface area (Å²) in [4.78, 5) is 16.1. The second-order valence-electron chi connectivity index (χ2n) is 6.62. The first-order chi connectivity index (χ1) is 13.3. The Morgan fingerprint density at radius 2 is 2.04 bits per heavy atom. The minimum atomic E-state index is -0.104. The van der Waals surface area contributed by atoms with Gasteiger partial charge in [0.25, 0.3) is 5.91 Å². The van der Waals surface area contributed by atoms with E-state index in [-0.39, 0.29) is 12.0 Å². The molecule has 1 aromatic heterocycles. The van der Waals surface area contributed by atoms with Crippen molar-refractivity contribution in [2.45, 2.75) is 25.5 Å². The first kappa shape index (κ1) is 18.2. The molecule has 0 N–H and O–H groups in total. The molecular weight excluding hydrogens is 362 g/mol. The average Bonchev–Trinajstić information content (AvgIpc) is 3.42. The summed E-state index contributed by atoms with van der Waals surface area (Å²) in [5.74, 6) is 1.92. The van der Waals surface area contributed by atoms with Gasteiger partial charge in [-0.25, -0.2) is 0 Å². The van der Waals surface area contributed by atoms with Gasteiger partial charge in [0.15, 0.2) is 5.76 Å². The Morgan fingerprint density at radius 3 is 2.78 bits per heavy atom. The lowest BCUT2D eigenvalue weighted by Crippen LogP contribution is -2.39. The molecule has 6 heteroatoms. The van der Waals surface area contributed by atoms with E-state index in [9.17, 15) is 4.79 Å². The summed E-state index contributed by atoms with van der Waals surface area (Å²) in [6, 6.07) is 13.7. The van der Waals surface area contributed by atoms with Crippen LogP contribution in [0.2, 0.25) is 0 Å². The fraction of sp³-hybridized carbons (Fsp3) is 0.381.